The first-order chi connectivity index (χ1) is 9.72. The van der Waals surface area contributed by atoms with Crippen molar-refractivity contribution in [2.45, 2.75) is 38.0 Å². The number of carboxylic acid groups (broad SMARTS) is 1. The average Bonchev–Trinajstić information content (AvgIpc) is 2.93. The third kappa shape index (κ3) is 2.90. The van der Waals surface area contributed by atoms with Crippen LogP contribution in [-0.2, 0) is 24.1 Å². The third-order valence-electron chi connectivity index (χ3n) is 3.86. The van der Waals surface area contributed by atoms with Gasteiger partial charge in [0.1, 0.15) is 0 Å². The number of hydrogen-bond donors (Lipinski definition) is 1. The molecule has 0 radical (unpaired) electrons. The number of hydrogen-bond acceptors (Lipinski definition) is 3. The van der Waals surface area contributed by atoms with Crippen molar-refractivity contribution in [3.63, 3.8) is 0 Å². The highest BCUT2D eigenvalue weighted by Crippen LogP contribution is 2.34. The Bertz CT molecular complexity index is 620. The lowest BCUT2D eigenvalue weighted by atomic mass is 9.84. The van der Waals surface area contributed by atoms with Gasteiger partial charge in [0.15, 0.2) is 0 Å². The molecule has 1 N–H and O–H groups in total. The van der Waals surface area contributed by atoms with Gasteiger partial charge < -0.3 is 5.11 Å². The van der Waals surface area contributed by atoms with Crippen molar-refractivity contribution in [3.05, 3.63) is 51.5 Å². The first-order valence-corrected chi connectivity index (χ1v) is 7.83. The van der Waals surface area contributed by atoms with Crippen molar-refractivity contribution in [1.82, 2.24) is 4.98 Å². The fourth-order valence-corrected chi connectivity index (χ4v) is 3.76. The first kappa shape index (κ1) is 13.3. The summed E-state index contributed by atoms with van der Waals surface area (Å²) in [5.74, 6) is -0.264. The summed E-state index contributed by atoms with van der Waals surface area (Å²) in [7, 11) is 0. The molecule has 104 valence electrons. The van der Waals surface area contributed by atoms with Crippen molar-refractivity contribution in [1.29, 1.82) is 0 Å². The molecule has 1 aliphatic rings. The Hall–Kier alpha value is -1.68. The molecule has 2 aromatic rings. The fraction of sp³-hybridized carbons (Fsp3) is 0.375. The van der Waals surface area contributed by atoms with Crippen LogP contribution < -0.4 is 0 Å². The van der Waals surface area contributed by atoms with Gasteiger partial charge in [0, 0.05) is 17.7 Å². The molecule has 4 heteroatoms. The molecule has 0 fully saturated rings. The predicted molar refractivity (Wildman–Crippen MR) is 79.3 cm³/mol. The van der Waals surface area contributed by atoms with Crippen LogP contribution in [0.4, 0.5) is 0 Å². The SMILES string of the molecule is O=C(O)CCc1csc(C2CCc3ccccc3C2)n1. The minimum absolute atomic E-state index is 0.163. The molecule has 1 aromatic carbocycles. The normalized spacial score (nSPS) is 17.7. The first-order valence-electron chi connectivity index (χ1n) is 6.95. The summed E-state index contributed by atoms with van der Waals surface area (Å²) in [6.07, 6.45) is 4.02. The number of aryl methyl sites for hydroxylation is 2. The third-order valence-corrected chi connectivity index (χ3v) is 4.92. The van der Waals surface area contributed by atoms with Gasteiger partial charge >= 0.3 is 5.97 Å². The zero-order chi connectivity index (χ0) is 13.9. The van der Waals surface area contributed by atoms with Gasteiger partial charge in [-0.05, 0) is 30.4 Å². The van der Waals surface area contributed by atoms with E-state index in [0.29, 0.717) is 12.3 Å². The average molecular weight is 287 g/mol. The Kier molecular flexibility index (Phi) is 3.83. The van der Waals surface area contributed by atoms with E-state index in [2.05, 4.69) is 29.2 Å². The summed E-state index contributed by atoms with van der Waals surface area (Å²) in [6, 6.07) is 8.63. The van der Waals surface area contributed by atoms with Gasteiger partial charge in [-0.25, -0.2) is 4.98 Å². The molecule has 1 unspecified atom stereocenters. The Morgan fingerprint density at radius 3 is 2.95 bits per heavy atom. The second-order valence-corrected chi connectivity index (χ2v) is 6.17. The quantitative estimate of drug-likeness (QED) is 0.937. The number of rotatable bonds is 4. The van der Waals surface area contributed by atoms with Crippen LogP contribution in [0.3, 0.4) is 0 Å². The minimum Gasteiger partial charge on any atom is -0.481 e. The van der Waals surface area contributed by atoms with Crippen LogP contribution in [0, 0.1) is 0 Å². The summed E-state index contributed by atoms with van der Waals surface area (Å²) in [4.78, 5) is 15.2. The summed E-state index contributed by atoms with van der Waals surface area (Å²) < 4.78 is 0. The van der Waals surface area contributed by atoms with Crippen molar-refractivity contribution in [3.8, 4) is 0 Å². The van der Waals surface area contributed by atoms with Gasteiger partial charge in [-0.1, -0.05) is 24.3 Å². The van der Waals surface area contributed by atoms with E-state index in [0.717, 1.165) is 25.0 Å². The number of carboxylic acids is 1. The number of thiazole rings is 1. The second-order valence-electron chi connectivity index (χ2n) is 5.28. The molecule has 1 aliphatic carbocycles. The monoisotopic (exact) mass is 287 g/mol. The molecule has 0 amide bonds. The fourth-order valence-electron chi connectivity index (χ4n) is 2.77. The Morgan fingerprint density at radius 2 is 2.15 bits per heavy atom. The summed E-state index contributed by atoms with van der Waals surface area (Å²) in [6.45, 7) is 0. The van der Waals surface area contributed by atoms with Gasteiger partial charge in [0.2, 0.25) is 0 Å². The van der Waals surface area contributed by atoms with Gasteiger partial charge in [-0.3, -0.25) is 4.79 Å². The standard InChI is InChI=1S/C16H17NO2S/c18-15(19)8-7-14-10-20-16(17-14)13-6-5-11-3-1-2-4-12(11)9-13/h1-4,10,13H,5-9H2,(H,18,19). The smallest absolute Gasteiger partial charge is 0.303 e. The molecule has 0 saturated carbocycles. The Morgan fingerprint density at radius 1 is 1.35 bits per heavy atom. The maximum absolute atomic E-state index is 10.6. The number of carbonyl (C=O) groups is 1. The van der Waals surface area contributed by atoms with Crippen molar-refractivity contribution in [2.75, 3.05) is 0 Å². The Balaban J connectivity index is 1.70. The highest BCUT2D eigenvalue weighted by Gasteiger charge is 2.22. The van der Waals surface area contributed by atoms with Gasteiger partial charge in [0.25, 0.3) is 0 Å². The van der Waals surface area contributed by atoms with Gasteiger partial charge in [-0.2, -0.15) is 0 Å². The number of benzene rings is 1. The molecule has 0 spiro atoms. The molecule has 0 saturated heterocycles. The van der Waals surface area contributed by atoms with Crippen molar-refractivity contribution < 1.29 is 9.90 Å². The maximum Gasteiger partial charge on any atom is 0.303 e. The predicted octanol–water partition coefficient (Wildman–Crippen LogP) is 3.43. The highest BCUT2D eigenvalue weighted by atomic mass is 32.1. The van der Waals surface area contributed by atoms with E-state index in [1.807, 2.05) is 5.38 Å². The number of nitrogens with zero attached hydrogens (tertiary/aromatic N) is 1. The van der Waals surface area contributed by atoms with E-state index in [4.69, 9.17) is 5.11 Å². The zero-order valence-corrected chi connectivity index (χ0v) is 12.0. The molecule has 3 nitrogen and oxygen atoms in total. The molecule has 0 bridgehead atoms. The summed E-state index contributed by atoms with van der Waals surface area (Å²) in [5.41, 5.74) is 3.82. The number of fused-ring (bicyclic) bond motifs is 1. The van der Waals surface area contributed by atoms with Crippen LogP contribution in [0.15, 0.2) is 29.6 Å². The van der Waals surface area contributed by atoms with Crippen LogP contribution in [0.5, 0.6) is 0 Å². The van der Waals surface area contributed by atoms with E-state index < -0.39 is 5.97 Å². The lowest BCUT2D eigenvalue weighted by Gasteiger charge is -2.22. The largest absolute Gasteiger partial charge is 0.481 e. The lowest BCUT2D eigenvalue weighted by Crippen LogP contribution is -2.12. The molecule has 1 heterocycles. The van der Waals surface area contributed by atoms with E-state index in [1.54, 1.807) is 11.3 Å². The minimum atomic E-state index is -0.758. The highest BCUT2D eigenvalue weighted by molar-refractivity contribution is 7.09. The molecule has 3 rings (SSSR count). The van der Waals surface area contributed by atoms with Crippen LogP contribution in [0.1, 0.15) is 40.6 Å². The molecule has 1 atom stereocenters. The number of aliphatic carboxylic acids is 1. The molecular weight excluding hydrogens is 270 g/mol. The van der Waals surface area contributed by atoms with Crippen LogP contribution >= 0.6 is 11.3 Å². The van der Waals surface area contributed by atoms with Crippen LogP contribution in [0.25, 0.3) is 0 Å². The summed E-state index contributed by atoms with van der Waals surface area (Å²) in [5, 5.41) is 11.9. The van der Waals surface area contributed by atoms with Gasteiger partial charge in [-0.15, -0.1) is 11.3 Å². The second kappa shape index (κ2) is 5.75. The molecule has 1 aromatic heterocycles. The topological polar surface area (TPSA) is 50.2 Å². The van der Waals surface area contributed by atoms with Crippen LogP contribution in [0.2, 0.25) is 0 Å². The maximum atomic E-state index is 10.6. The van der Waals surface area contributed by atoms with E-state index in [1.165, 1.54) is 16.1 Å². The van der Waals surface area contributed by atoms with Gasteiger partial charge in [0.05, 0.1) is 17.1 Å². The van der Waals surface area contributed by atoms with Crippen molar-refractivity contribution >= 4 is 17.3 Å². The molecule has 20 heavy (non-hydrogen) atoms. The van der Waals surface area contributed by atoms with E-state index in [-0.39, 0.29) is 6.42 Å². The number of aromatic nitrogens is 1. The molecule has 0 aliphatic heterocycles. The summed E-state index contributed by atoms with van der Waals surface area (Å²) >= 11 is 1.68. The van der Waals surface area contributed by atoms with Crippen molar-refractivity contribution in [2.24, 2.45) is 0 Å². The van der Waals surface area contributed by atoms with E-state index >= 15 is 0 Å². The molecular formula is C16H17NO2S. The zero-order valence-electron chi connectivity index (χ0n) is 11.2. The lowest BCUT2D eigenvalue weighted by molar-refractivity contribution is -0.136. The van der Waals surface area contributed by atoms with Crippen LogP contribution in [-0.4, -0.2) is 16.1 Å². The Labute approximate surface area is 122 Å². The van der Waals surface area contributed by atoms with E-state index in [9.17, 15) is 4.79 Å².